The zero-order valence-electron chi connectivity index (χ0n) is 10.7. The van der Waals surface area contributed by atoms with E-state index >= 15 is 0 Å². The minimum Gasteiger partial charge on any atom is -0.289 e. The Morgan fingerprint density at radius 1 is 0.650 bits per heavy atom. The molecule has 1 radical (unpaired) electrons. The van der Waals surface area contributed by atoms with Gasteiger partial charge in [-0.3, -0.25) is 5.11 Å². The average molecular weight is 324 g/mol. The third kappa shape index (κ3) is 2.47. The molecule has 0 aromatic heterocycles. The van der Waals surface area contributed by atoms with E-state index in [9.17, 15) is 5.11 Å². The second-order valence-corrected chi connectivity index (χ2v) is 5.48. The summed E-state index contributed by atoms with van der Waals surface area (Å²) in [5.41, 5.74) is 3.32. The van der Waals surface area contributed by atoms with Crippen LogP contribution in [0.2, 0.25) is 0 Å². The maximum atomic E-state index is 12.7. The fourth-order valence-electron chi connectivity index (χ4n) is 2.26. The highest BCUT2D eigenvalue weighted by atomic mass is 79.9. The summed E-state index contributed by atoms with van der Waals surface area (Å²) in [5.74, 6) is 0.0607. The summed E-state index contributed by atoms with van der Waals surface area (Å²) >= 11 is 3.50. The van der Waals surface area contributed by atoms with Crippen LogP contribution in [0.3, 0.4) is 0 Å². The summed E-state index contributed by atoms with van der Waals surface area (Å²) in [6.45, 7) is 0. The van der Waals surface area contributed by atoms with Crippen LogP contribution in [-0.2, 0) is 5.11 Å². The largest absolute Gasteiger partial charge is 0.289 e. The van der Waals surface area contributed by atoms with Crippen LogP contribution in [0.25, 0.3) is 22.3 Å². The molecule has 0 spiro atoms. The molecule has 0 saturated carbocycles. The highest BCUT2D eigenvalue weighted by molar-refractivity contribution is 9.10. The first kappa shape index (κ1) is 12.9. The maximum absolute atomic E-state index is 12.7. The number of benzene rings is 3. The van der Waals surface area contributed by atoms with E-state index in [1.165, 1.54) is 0 Å². The van der Waals surface area contributed by atoms with Crippen molar-refractivity contribution in [3.8, 4) is 28.0 Å². The molecule has 0 aliphatic heterocycles. The molecule has 0 heterocycles. The third-order valence-corrected chi connectivity index (χ3v) is 3.68. The van der Waals surface area contributed by atoms with Crippen LogP contribution in [0.15, 0.2) is 77.3 Å². The molecular weight excluding hydrogens is 312 g/mol. The molecule has 3 rings (SSSR count). The lowest BCUT2D eigenvalue weighted by Gasteiger charge is -2.09. The van der Waals surface area contributed by atoms with Crippen molar-refractivity contribution in [2.75, 3.05) is 0 Å². The zero-order valence-corrected chi connectivity index (χ0v) is 12.3. The van der Waals surface area contributed by atoms with E-state index in [1.807, 2.05) is 72.8 Å². The second-order valence-electron chi connectivity index (χ2n) is 4.56. The van der Waals surface area contributed by atoms with E-state index in [-0.39, 0.29) is 5.75 Å². The van der Waals surface area contributed by atoms with Gasteiger partial charge in [0.2, 0.25) is 0 Å². The van der Waals surface area contributed by atoms with Crippen molar-refractivity contribution in [2.24, 2.45) is 0 Å². The molecule has 0 atom stereocenters. The van der Waals surface area contributed by atoms with Crippen molar-refractivity contribution in [3.63, 3.8) is 0 Å². The van der Waals surface area contributed by atoms with Crippen LogP contribution in [0.4, 0.5) is 0 Å². The number of halogens is 1. The first-order valence-corrected chi connectivity index (χ1v) is 7.16. The first-order valence-electron chi connectivity index (χ1n) is 6.37. The van der Waals surface area contributed by atoms with E-state index in [0.717, 1.165) is 26.7 Å². The highest BCUT2D eigenvalue weighted by Gasteiger charge is 2.14. The number of rotatable bonds is 2. The summed E-state index contributed by atoms with van der Waals surface area (Å²) < 4.78 is 0.912. The molecule has 0 fully saturated rings. The molecule has 0 unspecified atom stereocenters. The molecule has 0 aliphatic rings. The Balaban J connectivity index is 2.22. The van der Waals surface area contributed by atoms with E-state index in [0.29, 0.717) is 0 Å². The van der Waals surface area contributed by atoms with Crippen molar-refractivity contribution in [1.82, 2.24) is 0 Å². The normalized spacial score (nSPS) is 10.4. The molecule has 0 amide bonds. The molecule has 1 nitrogen and oxygen atoms in total. The first-order chi connectivity index (χ1) is 9.75. The topological polar surface area (TPSA) is 19.9 Å². The van der Waals surface area contributed by atoms with Gasteiger partial charge in [0.1, 0.15) is 0 Å². The van der Waals surface area contributed by atoms with Gasteiger partial charge < -0.3 is 0 Å². The van der Waals surface area contributed by atoms with E-state index in [4.69, 9.17) is 0 Å². The van der Waals surface area contributed by atoms with Gasteiger partial charge in [0.05, 0.1) is 0 Å². The van der Waals surface area contributed by atoms with Gasteiger partial charge in [-0.2, -0.15) is 0 Å². The van der Waals surface area contributed by atoms with Crippen molar-refractivity contribution in [2.45, 2.75) is 0 Å². The van der Waals surface area contributed by atoms with Gasteiger partial charge in [0, 0.05) is 15.6 Å². The Bertz CT molecular complexity index is 660. The zero-order chi connectivity index (χ0) is 13.9. The molecule has 3 aromatic rings. The van der Waals surface area contributed by atoms with Crippen LogP contribution < -0.4 is 0 Å². The van der Waals surface area contributed by atoms with Crippen molar-refractivity contribution < 1.29 is 5.11 Å². The Kier molecular flexibility index (Phi) is 3.57. The fraction of sp³-hybridized carbons (Fsp3) is 0. The number of hydrogen-bond acceptors (Lipinski definition) is 0. The Hall–Kier alpha value is -2.06. The van der Waals surface area contributed by atoms with Crippen LogP contribution in [-0.4, -0.2) is 0 Å². The van der Waals surface area contributed by atoms with Gasteiger partial charge in [-0.25, -0.2) is 0 Å². The summed E-state index contributed by atoms with van der Waals surface area (Å²) in [6, 6.07) is 23.2. The summed E-state index contributed by atoms with van der Waals surface area (Å²) in [6.07, 6.45) is 0. The van der Waals surface area contributed by atoms with E-state index < -0.39 is 0 Å². The minimum absolute atomic E-state index is 0.0607. The van der Waals surface area contributed by atoms with E-state index in [2.05, 4.69) is 15.9 Å². The molecule has 0 saturated heterocycles. The smallest absolute Gasteiger partial charge is 0.194 e. The molecule has 20 heavy (non-hydrogen) atoms. The van der Waals surface area contributed by atoms with E-state index in [1.54, 1.807) is 0 Å². The van der Waals surface area contributed by atoms with Gasteiger partial charge in [-0.1, -0.05) is 76.6 Å². The SMILES string of the molecule is [O]c1c(-c2ccccc2)cc(Br)cc1-c1ccccc1. The van der Waals surface area contributed by atoms with Gasteiger partial charge in [0.25, 0.3) is 0 Å². The van der Waals surface area contributed by atoms with Crippen LogP contribution >= 0.6 is 15.9 Å². The van der Waals surface area contributed by atoms with Gasteiger partial charge in [-0.15, -0.1) is 0 Å². The Morgan fingerprint density at radius 2 is 1.05 bits per heavy atom. The Morgan fingerprint density at radius 3 is 1.45 bits per heavy atom. The summed E-state index contributed by atoms with van der Waals surface area (Å²) in [7, 11) is 0. The van der Waals surface area contributed by atoms with Crippen molar-refractivity contribution in [1.29, 1.82) is 0 Å². The molecule has 2 heteroatoms. The van der Waals surface area contributed by atoms with Crippen molar-refractivity contribution in [3.05, 3.63) is 77.3 Å². The highest BCUT2D eigenvalue weighted by Crippen LogP contribution is 2.40. The quantitative estimate of drug-likeness (QED) is 0.557. The molecule has 0 N–H and O–H groups in total. The average Bonchev–Trinajstić information content (AvgIpc) is 2.51. The lowest BCUT2D eigenvalue weighted by atomic mass is 9.97. The summed E-state index contributed by atoms with van der Waals surface area (Å²) in [5, 5.41) is 12.7. The van der Waals surface area contributed by atoms with Gasteiger partial charge >= 0.3 is 0 Å². The predicted molar refractivity (Wildman–Crippen MR) is 85.1 cm³/mol. The molecule has 3 aromatic carbocycles. The predicted octanol–water partition coefficient (Wildman–Crippen LogP) is 5.93. The van der Waals surface area contributed by atoms with Crippen molar-refractivity contribution >= 4 is 15.9 Å². The van der Waals surface area contributed by atoms with Crippen LogP contribution in [0.5, 0.6) is 5.75 Å². The molecular formula is C18H12BrO. The van der Waals surface area contributed by atoms with Crippen LogP contribution in [0.1, 0.15) is 0 Å². The minimum atomic E-state index is 0.0607. The number of hydrogen-bond donors (Lipinski definition) is 0. The molecule has 0 bridgehead atoms. The second kappa shape index (κ2) is 5.51. The molecule has 0 aliphatic carbocycles. The summed E-state index contributed by atoms with van der Waals surface area (Å²) in [4.78, 5) is 0. The monoisotopic (exact) mass is 323 g/mol. The van der Waals surface area contributed by atoms with Gasteiger partial charge in [-0.05, 0) is 23.3 Å². The maximum Gasteiger partial charge on any atom is 0.194 e. The molecule has 97 valence electrons. The van der Waals surface area contributed by atoms with Crippen LogP contribution in [0, 0.1) is 0 Å². The fourth-order valence-corrected chi connectivity index (χ4v) is 2.72. The van der Waals surface area contributed by atoms with Gasteiger partial charge in [0.15, 0.2) is 5.75 Å². The lowest BCUT2D eigenvalue weighted by Crippen LogP contribution is -1.84. The lowest BCUT2D eigenvalue weighted by molar-refractivity contribution is 0.358. The standard InChI is InChI=1S/C18H12BrO/c19-15-11-16(13-7-3-1-4-8-13)18(20)17(12-15)14-9-5-2-6-10-14/h1-12H. The third-order valence-electron chi connectivity index (χ3n) is 3.22. The Labute approximate surface area is 126 Å².